The molecule has 2 rings (SSSR count). The molecule has 0 spiro atoms. The number of benzene rings is 1. The first-order chi connectivity index (χ1) is 10.7. The van der Waals surface area contributed by atoms with Gasteiger partial charge in [0.15, 0.2) is 11.6 Å². The van der Waals surface area contributed by atoms with Crippen molar-refractivity contribution in [3.63, 3.8) is 0 Å². The summed E-state index contributed by atoms with van der Waals surface area (Å²) in [6, 6.07) is 6.34. The molecule has 0 N–H and O–H groups in total. The van der Waals surface area contributed by atoms with Gasteiger partial charge in [-0.2, -0.15) is 0 Å². The number of hydrogen-bond donors (Lipinski definition) is 0. The first-order valence-electron chi connectivity index (χ1n) is 8.08. The Kier molecular flexibility index (Phi) is 6.65. The zero-order valence-electron chi connectivity index (χ0n) is 13.3. The molecule has 1 aliphatic heterocycles. The average Bonchev–Trinajstić information content (AvgIpc) is 2.78. The Morgan fingerprint density at radius 2 is 2.05 bits per heavy atom. The number of hydrogen-bond acceptors (Lipinski definition) is 3. The highest BCUT2D eigenvalue weighted by atomic mass is 19.1. The van der Waals surface area contributed by atoms with E-state index >= 15 is 0 Å². The minimum atomic E-state index is -0.360. The molecule has 1 aliphatic rings. The molecule has 1 amide bonds. The Balaban J connectivity index is 1.68. The summed E-state index contributed by atoms with van der Waals surface area (Å²) in [4.78, 5) is 16.5. The highest BCUT2D eigenvalue weighted by Crippen LogP contribution is 2.15. The number of nitrogens with zero attached hydrogens (tertiary/aromatic N) is 2. The Morgan fingerprint density at radius 3 is 2.82 bits per heavy atom. The molecule has 1 saturated heterocycles. The summed E-state index contributed by atoms with van der Waals surface area (Å²) in [6.07, 6.45) is 2.10. The van der Waals surface area contributed by atoms with Crippen LogP contribution >= 0.6 is 0 Å². The third-order valence-corrected chi connectivity index (χ3v) is 4.02. The van der Waals surface area contributed by atoms with Gasteiger partial charge in [-0.3, -0.25) is 4.79 Å². The summed E-state index contributed by atoms with van der Waals surface area (Å²) in [5.41, 5.74) is 0. The van der Waals surface area contributed by atoms with Gasteiger partial charge in [0, 0.05) is 26.1 Å². The molecule has 1 fully saturated rings. The van der Waals surface area contributed by atoms with Crippen molar-refractivity contribution in [2.75, 3.05) is 39.3 Å². The lowest BCUT2D eigenvalue weighted by Gasteiger charge is -2.21. The molecule has 122 valence electrons. The second-order valence-electron chi connectivity index (χ2n) is 5.55. The normalized spacial score (nSPS) is 16.4. The van der Waals surface area contributed by atoms with E-state index in [1.807, 2.05) is 4.90 Å². The van der Waals surface area contributed by atoms with Crippen molar-refractivity contribution >= 4 is 5.91 Å². The number of rotatable bonds is 6. The van der Waals surface area contributed by atoms with Crippen molar-refractivity contribution in [2.45, 2.75) is 26.2 Å². The van der Waals surface area contributed by atoms with Crippen LogP contribution in [0.3, 0.4) is 0 Å². The average molecular weight is 308 g/mol. The SMILES string of the molecule is CCN1CCCN(C(=O)CCCOc2ccccc2F)CC1. The van der Waals surface area contributed by atoms with E-state index in [1.54, 1.807) is 18.2 Å². The Bertz CT molecular complexity index is 481. The van der Waals surface area contributed by atoms with Crippen molar-refractivity contribution in [1.29, 1.82) is 0 Å². The van der Waals surface area contributed by atoms with Crippen molar-refractivity contribution in [3.8, 4) is 5.75 Å². The Morgan fingerprint density at radius 1 is 1.23 bits per heavy atom. The van der Waals surface area contributed by atoms with Crippen LogP contribution in [0, 0.1) is 5.82 Å². The third kappa shape index (κ3) is 4.98. The van der Waals surface area contributed by atoms with Crippen LogP contribution in [0.15, 0.2) is 24.3 Å². The van der Waals surface area contributed by atoms with E-state index in [9.17, 15) is 9.18 Å². The molecular formula is C17H25FN2O2. The predicted molar refractivity (Wildman–Crippen MR) is 84.4 cm³/mol. The van der Waals surface area contributed by atoms with E-state index in [1.165, 1.54) is 6.07 Å². The lowest BCUT2D eigenvalue weighted by molar-refractivity contribution is -0.131. The van der Waals surface area contributed by atoms with E-state index in [-0.39, 0.29) is 17.5 Å². The van der Waals surface area contributed by atoms with Gasteiger partial charge in [-0.1, -0.05) is 19.1 Å². The molecule has 0 saturated carbocycles. The van der Waals surface area contributed by atoms with E-state index in [4.69, 9.17) is 4.74 Å². The molecule has 1 aromatic rings. The number of carbonyl (C=O) groups is 1. The fraction of sp³-hybridized carbons (Fsp3) is 0.588. The predicted octanol–water partition coefficient (Wildman–Crippen LogP) is 2.54. The van der Waals surface area contributed by atoms with Gasteiger partial charge in [0.25, 0.3) is 0 Å². The topological polar surface area (TPSA) is 32.8 Å². The molecule has 0 aliphatic carbocycles. The smallest absolute Gasteiger partial charge is 0.222 e. The molecule has 4 nitrogen and oxygen atoms in total. The molecule has 0 aromatic heterocycles. The first-order valence-corrected chi connectivity index (χ1v) is 8.08. The van der Waals surface area contributed by atoms with Gasteiger partial charge in [-0.15, -0.1) is 0 Å². The van der Waals surface area contributed by atoms with Crippen molar-refractivity contribution in [1.82, 2.24) is 9.80 Å². The van der Waals surface area contributed by atoms with Gasteiger partial charge in [-0.05, 0) is 38.1 Å². The maximum atomic E-state index is 13.4. The van der Waals surface area contributed by atoms with Crippen molar-refractivity contribution in [3.05, 3.63) is 30.1 Å². The van der Waals surface area contributed by atoms with E-state index in [0.717, 1.165) is 39.1 Å². The lowest BCUT2D eigenvalue weighted by atomic mass is 10.2. The molecule has 0 bridgehead atoms. The molecule has 0 atom stereocenters. The van der Waals surface area contributed by atoms with Crippen LogP contribution in [0.4, 0.5) is 4.39 Å². The largest absolute Gasteiger partial charge is 0.491 e. The monoisotopic (exact) mass is 308 g/mol. The number of amides is 1. The van der Waals surface area contributed by atoms with Gasteiger partial charge in [0.05, 0.1) is 6.61 Å². The number of carbonyl (C=O) groups excluding carboxylic acids is 1. The summed E-state index contributed by atoms with van der Waals surface area (Å²) in [5.74, 6) is 0.0689. The minimum absolute atomic E-state index is 0.176. The zero-order chi connectivity index (χ0) is 15.8. The molecule has 5 heteroatoms. The van der Waals surface area contributed by atoms with Gasteiger partial charge >= 0.3 is 0 Å². The zero-order valence-corrected chi connectivity index (χ0v) is 13.3. The standard InChI is InChI=1S/C17H25FN2O2/c1-2-19-10-6-11-20(13-12-19)17(21)9-5-14-22-16-8-4-3-7-15(16)18/h3-4,7-8H,2,5-6,9-14H2,1H3. The number of ether oxygens (including phenoxy) is 1. The van der Waals surface area contributed by atoms with E-state index in [2.05, 4.69) is 11.8 Å². The van der Waals surface area contributed by atoms with Gasteiger partial charge in [0.2, 0.25) is 5.91 Å². The number of likely N-dealkylation sites (N-methyl/N-ethyl adjacent to an activating group) is 1. The van der Waals surface area contributed by atoms with E-state index in [0.29, 0.717) is 19.4 Å². The highest BCUT2D eigenvalue weighted by molar-refractivity contribution is 5.76. The summed E-state index contributed by atoms with van der Waals surface area (Å²) < 4.78 is 18.8. The molecule has 0 radical (unpaired) electrons. The quantitative estimate of drug-likeness (QED) is 0.757. The van der Waals surface area contributed by atoms with Crippen LogP contribution in [0.2, 0.25) is 0 Å². The fourth-order valence-corrected chi connectivity index (χ4v) is 2.66. The molecule has 22 heavy (non-hydrogen) atoms. The lowest BCUT2D eigenvalue weighted by Crippen LogP contribution is -2.35. The summed E-state index contributed by atoms with van der Waals surface area (Å²) in [5, 5.41) is 0. The van der Waals surface area contributed by atoms with Crippen LogP contribution < -0.4 is 4.74 Å². The molecule has 1 heterocycles. The number of halogens is 1. The van der Waals surface area contributed by atoms with Gasteiger partial charge in [-0.25, -0.2) is 4.39 Å². The van der Waals surface area contributed by atoms with Crippen LogP contribution in [0.1, 0.15) is 26.2 Å². The number of para-hydroxylation sites is 1. The van der Waals surface area contributed by atoms with Gasteiger partial charge < -0.3 is 14.5 Å². The van der Waals surface area contributed by atoms with Crippen LogP contribution in [0.25, 0.3) is 0 Å². The first kappa shape index (κ1) is 16.7. The Labute approximate surface area is 131 Å². The summed E-state index contributed by atoms with van der Waals surface area (Å²) in [6.45, 7) is 7.21. The third-order valence-electron chi connectivity index (χ3n) is 4.02. The minimum Gasteiger partial charge on any atom is -0.491 e. The van der Waals surface area contributed by atoms with Crippen LogP contribution in [0.5, 0.6) is 5.75 Å². The fourth-order valence-electron chi connectivity index (χ4n) is 2.66. The highest BCUT2D eigenvalue weighted by Gasteiger charge is 2.17. The van der Waals surface area contributed by atoms with Gasteiger partial charge in [0.1, 0.15) is 0 Å². The van der Waals surface area contributed by atoms with Crippen LogP contribution in [-0.4, -0.2) is 55.0 Å². The van der Waals surface area contributed by atoms with Crippen molar-refractivity contribution < 1.29 is 13.9 Å². The summed E-state index contributed by atoms with van der Waals surface area (Å²) in [7, 11) is 0. The maximum Gasteiger partial charge on any atom is 0.222 e. The van der Waals surface area contributed by atoms with E-state index < -0.39 is 0 Å². The second-order valence-corrected chi connectivity index (χ2v) is 5.55. The molecule has 1 aromatic carbocycles. The summed E-state index contributed by atoms with van der Waals surface area (Å²) >= 11 is 0. The second kappa shape index (κ2) is 8.73. The molecular weight excluding hydrogens is 283 g/mol. The molecule has 0 unspecified atom stereocenters. The van der Waals surface area contributed by atoms with Crippen molar-refractivity contribution in [2.24, 2.45) is 0 Å². The Hall–Kier alpha value is -1.62. The maximum absolute atomic E-state index is 13.4. The van der Waals surface area contributed by atoms with Crippen LogP contribution in [-0.2, 0) is 4.79 Å².